The fraction of sp³-hybridized carbons (Fsp3) is 0.545. The molecule has 0 fully saturated rings. The predicted molar refractivity (Wildman–Crippen MR) is 62.3 cm³/mol. The molecule has 0 aliphatic heterocycles. The topological polar surface area (TPSA) is 92.2 Å². The summed E-state index contributed by atoms with van der Waals surface area (Å²) in [6.07, 6.45) is 0. The molecule has 94 valence electrons. The van der Waals surface area contributed by atoms with Crippen molar-refractivity contribution in [1.29, 1.82) is 0 Å². The van der Waals surface area contributed by atoms with Crippen molar-refractivity contribution in [2.24, 2.45) is 5.92 Å². The Labute approximate surface area is 97.9 Å². The maximum absolute atomic E-state index is 11.9. The van der Waals surface area contributed by atoms with E-state index in [9.17, 15) is 14.4 Å². The SMILES string of the molecule is Cc1[nH]c(=O)n(C(C)C(C)C(=O)O)c(=O)c1C. The van der Waals surface area contributed by atoms with Crippen molar-refractivity contribution >= 4 is 5.97 Å². The van der Waals surface area contributed by atoms with Gasteiger partial charge in [0, 0.05) is 11.3 Å². The third-order valence-electron chi connectivity index (χ3n) is 3.14. The van der Waals surface area contributed by atoms with Crippen molar-refractivity contribution in [3.8, 4) is 0 Å². The van der Waals surface area contributed by atoms with Gasteiger partial charge >= 0.3 is 11.7 Å². The smallest absolute Gasteiger partial charge is 0.328 e. The van der Waals surface area contributed by atoms with E-state index in [4.69, 9.17) is 5.11 Å². The first-order valence-corrected chi connectivity index (χ1v) is 5.32. The van der Waals surface area contributed by atoms with Gasteiger partial charge in [-0.2, -0.15) is 0 Å². The van der Waals surface area contributed by atoms with Crippen molar-refractivity contribution in [2.75, 3.05) is 0 Å². The standard InChI is InChI=1S/C11H16N2O4/c1-5-7(3)12-11(17)13(9(5)14)8(4)6(2)10(15)16/h6,8H,1-4H3,(H,12,17)(H,15,16). The zero-order valence-electron chi connectivity index (χ0n) is 10.3. The minimum Gasteiger partial charge on any atom is -0.481 e. The lowest BCUT2D eigenvalue weighted by Gasteiger charge is -2.18. The van der Waals surface area contributed by atoms with Crippen LogP contribution < -0.4 is 11.2 Å². The van der Waals surface area contributed by atoms with E-state index >= 15 is 0 Å². The van der Waals surface area contributed by atoms with E-state index in [0.717, 1.165) is 4.57 Å². The number of nitrogens with one attached hydrogen (secondary N) is 1. The summed E-state index contributed by atoms with van der Waals surface area (Å²) in [7, 11) is 0. The summed E-state index contributed by atoms with van der Waals surface area (Å²) in [6, 6.07) is -0.692. The van der Waals surface area contributed by atoms with Gasteiger partial charge in [-0.25, -0.2) is 4.79 Å². The van der Waals surface area contributed by atoms with Gasteiger partial charge in [0.1, 0.15) is 0 Å². The summed E-state index contributed by atoms with van der Waals surface area (Å²) in [6.45, 7) is 6.24. The van der Waals surface area contributed by atoms with E-state index in [2.05, 4.69) is 4.98 Å². The number of aromatic amines is 1. The molecule has 1 aromatic heterocycles. The molecule has 2 N–H and O–H groups in total. The third kappa shape index (κ3) is 2.30. The fourth-order valence-corrected chi connectivity index (χ4v) is 1.55. The van der Waals surface area contributed by atoms with Crippen LogP contribution in [0.25, 0.3) is 0 Å². The maximum Gasteiger partial charge on any atom is 0.328 e. The lowest BCUT2D eigenvalue weighted by atomic mass is 10.0. The first-order valence-electron chi connectivity index (χ1n) is 5.32. The monoisotopic (exact) mass is 240 g/mol. The molecule has 0 amide bonds. The predicted octanol–water partition coefficient (Wildman–Crippen LogP) is 0.435. The van der Waals surface area contributed by atoms with Crippen LogP contribution in [0.3, 0.4) is 0 Å². The first-order chi connectivity index (χ1) is 7.77. The molecule has 0 saturated carbocycles. The summed E-state index contributed by atoms with van der Waals surface area (Å²) >= 11 is 0. The van der Waals surface area contributed by atoms with E-state index in [1.807, 2.05) is 0 Å². The van der Waals surface area contributed by atoms with Crippen LogP contribution in [-0.4, -0.2) is 20.6 Å². The van der Waals surface area contributed by atoms with E-state index < -0.39 is 29.2 Å². The molecule has 0 aromatic carbocycles. The fourth-order valence-electron chi connectivity index (χ4n) is 1.55. The highest BCUT2D eigenvalue weighted by atomic mass is 16.4. The molecular formula is C11H16N2O4. The second-order valence-electron chi connectivity index (χ2n) is 4.22. The summed E-state index contributed by atoms with van der Waals surface area (Å²) in [5.41, 5.74) is -0.0778. The summed E-state index contributed by atoms with van der Waals surface area (Å²) in [5.74, 6) is -1.85. The number of aryl methyl sites for hydroxylation is 1. The van der Waals surface area contributed by atoms with E-state index in [1.54, 1.807) is 20.8 Å². The van der Waals surface area contributed by atoms with Crippen molar-refractivity contribution in [1.82, 2.24) is 9.55 Å². The lowest BCUT2D eigenvalue weighted by Crippen LogP contribution is -2.42. The minimum absolute atomic E-state index is 0.425. The molecular weight excluding hydrogens is 224 g/mol. The molecule has 0 aliphatic rings. The minimum atomic E-state index is -1.04. The molecule has 0 bridgehead atoms. The summed E-state index contributed by atoms with van der Waals surface area (Å²) in [4.78, 5) is 37.0. The van der Waals surface area contributed by atoms with Crippen molar-refractivity contribution in [3.63, 3.8) is 0 Å². The average molecular weight is 240 g/mol. The summed E-state index contributed by atoms with van der Waals surface area (Å²) in [5, 5.41) is 8.89. The highest BCUT2D eigenvalue weighted by Crippen LogP contribution is 2.14. The first kappa shape index (κ1) is 13.2. The molecule has 2 unspecified atom stereocenters. The summed E-state index contributed by atoms with van der Waals surface area (Å²) < 4.78 is 0.959. The van der Waals surface area contributed by atoms with Crippen LogP contribution in [0.4, 0.5) is 0 Å². The van der Waals surface area contributed by atoms with E-state index in [1.165, 1.54) is 6.92 Å². The Morgan fingerprint density at radius 3 is 2.29 bits per heavy atom. The van der Waals surface area contributed by atoms with Gasteiger partial charge in [-0.15, -0.1) is 0 Å². The quantitative estimate of drug-likeness (QED) is 0.801. The van der Waals surface area contributed by atoms with Crippen LogP contribution in [0.1, 0.15) is 31.1 Å². The second kappa shape index (κ2) is 4.57. The van der Waals surface area contributed by atoms with Gasteiger partial charge < -0.3 is 10.1 Å². The van der Waals surface area contributed by atoms with Gasteiger partial charge in [0.15, 0.2) is 0 Å². The molecule has 17 heavy (non-hydrogen) atoms. The molecule has 6 heteroatoms. The molecule has 2 atom stereocenters. The Hall–Kier alpha value is -1.85. The Morgan fingerprint density at radius 2 is 1.82 bits per heavy atom. The molecule has 0 aliphatic carbocycles. The number of carboxylic acids is 1. The van der Waals surface area contributed by atoms with Crippen molar-refractivity contribution in [2.45, 2.75) is 33.7 Å². The number of rotatable bonds is 3. The average Bonchev–Trinajstić information content (AvgIpc) is 2.24. The van der Waals surface area contributed by atoms with Crippen molar-refractivity contribution in [3.05, 3.63) is 32.1 Å². The zero-order valence-corrected chi connectivity index (χ0v) is 10.3. The molecule has 1 aromatic rings. The largest absolute Gasteiger partial charge is 0.481 e. The Balaban J connectivity index is 3.43. The van der Waals surface area contributed by atoms with E-state index in [0.29, 0.717) is 11.3 Å². The number of hydrogen-bond donors (Lipinski definition) is 2. The number of nitrogens with zero attached hydrogens (tertiary/aromatic N) is 1. The second-order valence-corrected chi connectivity index (χ2v) is 4.22. The van der Waals surface area contributed by atoms with Gasteiger partial charge in [0.25, 0.3) is 5.56 Å². The highest BCUT2D eigenvalue weighted by molar-refractivity contribution is 5.70. The molecule has 0 radical (unpaired) electrons. The van der Waals surface area contributed by atoms with Crippen LogP contribution in [-0.2, 0) is 4.79 Å². The molecule has 0 saturated heterocycles. The van der Waals surface area contributed by atoms with Gasteiger partial charge in [-0.05, 0) is 27.7 Å². The molecule has 1 rings (SSSR count). The molecule has 0 spiro atoms. The van der Waals surface area contributed by atoms with Gasteiger partial charge in [0.2, 0.25) is 0 Å². The molecule has 1 heterocycles. The van der Waals surface area contributed by atoms with Crippen LogP contribution in [0.15, 0.2) is 9.59 Å². The van der Waals surface area contributed by atoms with Gasteiger partial charge in [-0.1, -0.05) is 0 Å². The van der Waals surface area contributed by atoms with E-state index in [-0.39, 0.29) is 0 Å². The van der Waals surface area contributed by atoms with Crippen LogP contribution in [0, 0.1) is 19.8 Å². The highest BCUT2D eigenvalue weighted by Gasteiger charge is 2.24. The van der Waals surface area contributed by atoms with Crippen LogP contribution in [0.2, 0.25) is 0 Å². The van der Waals surface area contributed by atoms with Gasteiger partial charge in [0.05, 0.1) is 12.0 Å². The number of carboxylic acid groups (broad SMARTS) is 1. The maximum atomic E-state index is 11.9. The Kier molecular flexibility index (Phi) is 3.55. The van der Waals surface area contributed by atoms with Crippen LogP contribution in [0.5, 0.6) is 0 Å². The number of H-pyrrole nitrogens is 1. The number of aliphatic carboxylic acids is 1. The Bertz CT molecular complexity index is 556. The number of hydrogen-bond acceptors (Lipinski definition) is 3. The Morgan fingerprint density at radius 1 is 1.29 bits per heavy atom. The lowest BCUT2D eigenvalue weighted by molar-refractivity contribution is -0.142. The van der Waals surface area contributed by atoms with Gasteiger partial charge in [-0.3, -0.25) is 14.2 Å². The van der Waals surface area contributed by atoms with Crippen molar-refractivity contribution < 1.29 is 9.90 Å². The number of carbonyl (C=O) groups is 1. The van der Waals surface area contributed by atoms with Crippen LogP contribution >= 0.6 is 0 Å². The number of aromatic nitrogens is 2. The normalized spacial score (nSPS) is 14.4. The zero-order chi connectivity index (χ0) is 13.3. The molecule has 6 nitrogen and oxygen atoms in total. The third-order valence-corrected chi connectivity index (χ3v) is 3.14.